The Labute approximate surface area is 170 Å². The van der Waals surface area contributed by atoms with Gasteiger partial charge in [-0.05, 0) is 50.4 Å². The number of fused-ring (bicyclic) bond motifs is 2. The summed E-state index contributed by atoms with van der Waals surface area (Å²) in [6.07, 6.45) is 7.31. The Balaban J connectivity index is 1.46. The van der Waals surface area contributed by atoms with Crippen LogP contribution in [0.3, 0.4) is 0 Å². The summed E-state index contributed by atoms with van der Waals surface area (Å²) in [7, 11) is 0. The predicted octanol–water partition coefficient (Wildman–Crippen LogP) is 3.21. The molecule has 6 atom stereocenters. The van der Waals surface area contributed by atoms with Gasteiger partial charge in [0.2, 0.25) is 0 Å². The third-order valence-corrected chi connectivity index (χ3v) is 6.23. The van der Waals surface area contributed by atoms with Crippen LogP contribution in [0.1, 0.15) is 52.4 Å². The number of hydrogen-bond acceptors (Lipinski definition) is 6. The van der Waals surface area contributed by atoms with Crippen molar-refractivity contribution in [1.82, 2.24) is 0 Å². The van der Waals surface area contributed by atoms with Crippen molar-refractivity contribution in [1.29, 1.82) is 0 Å². The minimum Gasteiger partial charge on any atom is -0.377 e. The molecule has 0 aromatic carbocycles. The summed E-state index contributed by atoms with van der Waals surface area (Å²) < 4.78 is 35.9. The summed E-state index contributed by atoms with van der Waals surface area (Å²) in [4.78, 5) is 0. The van der Waals surface area contributed by atoms with Gasteiger partial charge in [-0.3, -0.25) is 0 Å². The number of ether oxygens (including phenoxy) is 6. The fourth-order valence-corrected chi connectivity index (χ4v) is 4.57. The third kappa shape index (κ3) is 7.54. The van der Waals surface area contributed by atoms with E-state index in [0.717, 1.165) is 25.7 Å². The summed E-state index contributed by atoms with van der Waals surface area (Å²) in [5.74, 6) is 1.38. The van der Waals surface area contributed by atoms with Crippen LogP contribution in [-0.2, 0) is 28.4 Å². The first-order valence-corrected chi connectivity index (χ1v) is 11.3. The zero-order valence-corrected chi connectivity index (χ0v) is 17.8. The van der Waals surface area contributed by atoms with Gasteiger partial charge in [-0.2, -0.15) is 0 Å². The molecule has 1 heterocycles. The van der Waals surface area contributed by atoms with Gasteiger partial charge in [0.15, 0.2) is 0 Å². The molecular formula is C22H40O6. The number of hydrogen-bond donors (Lipinski definition) is 0. The van der Waals surface area contributed by atoms with Gasteiger partial charge in [0.25, 0.3) is 0 Å². The summed E-state index contributed by atoms with van der Waals surface area (Å²) in [6.45, 7) is 9.45. The van der Waals surface area contributed by atoms with Crippen LogP contribution < -0.4 is 0 Å². The molecule has 164 valence electrons. The van der Waals surface area contributed by atoms with E-state index in [1.807, 2.05) is 0 Å². The van der Waals surface area contributed by atoms with Gasteiger partial charge in [0, 0.05) is 0 Å². The van der Waals surface area contributed by atoms with Gasteiger partial charge in [-0.1, -0.05) is 13.8 Å². The third-order valence-electron chi connectivity index (χ3n) is 6.23. The van der Waals surface area contributed by atoms with Gasteiger partial charge in [-0.15, -0.1) is 0 Å². The van der Waals surface area contributed by atoms with Crippen LogP contribution >= 0.6 is 0 Å². The van der Waals surface area contributed by atoms with Crippen molar-refractivity contribution < 1.29 is 28.4 Å². The van der Waals surface area contributed by atoms with Crippen molar-refractivity contribution in [2.45, 2.75) is 76.8 Å². The molecule has 3 rings (SSSR count). The van der Waals surface area contributed by atoms with E-state index < -0.39 is 0 Å². The highest BCUT2D eigenvalue weighted by Gasteiger charge is 2.31. The van der Waals surface area contributed by atoms with Gasteiger partial charge in [-0.25, -0.2) is 0 Å². The van der Waals surface area contributed by atoms with E-state index in [9.17, 15) is 0 Å². The molecule has 0 bridgehead atoms. The zero-order valence-electron chi connectivity index (χ0n) is 17.8. The van der Waals surface area contributed by atoms with Crippen LogP contribution in [0.2, 0.25) is 0 Å². The molecule has 0 aromatic rings. The van der Waals surface area contributed by atoms with Crippen LogP contribution in [0.4, 0.5) is 0 Å². The molecule has 6 heteroatoms. The van der Waals surface area contributed by atoms with E-state index in [4.69, 9.17) is 28.4 Å². The zero-order chi connectivity index (χ0) is 19.6. The highest BCUT2D eigenvalue weighted by molar-refractivity contribution is 4.81. The second-order valence-electron chi connectivity index (χ2n) is 8.70. The molecule has 0 amide bonds. The van der Waals surface area contributed by atoms with E-state index in [1.54, 1.807) is 0 Å². The molecule has 3 aliphatic rings. The number of rotatable bonds is 0. The van der Waals surface area contributed by atoms with Gasteiger partial charge in [0.1, 0.15) is 0 Å². The molecule has 3 fully saturated rings. The van der Waals surface area contributed by atoms with E-state index >= 15 is 0 Å². The van der Waals surface area contributed by atoms with Crippen LogP contribution in [0, 0.1) is 11.8 Å². The Hall–Kier alpha value is -0.240. The van der Waals surface area contributed by atoms with Crippen LogP contribution in [-0.4, -0.2) is 77.3 Å². The first-order chi connectivity index (χ1) is 13.7. The smallest absolute Gasteiger partial charge is 0.0840 e. The van der Waals surface area contributed by atoms with Gasteiger partial charge >= 0.3 is 0 Å². The fraction of sp³-hybridized carbons (Fsp3) is 1.00. The Morgan fingerprint density at radius 3 is 1.18 bits per heavy atom. The molecule has 0 spiro atoms. The van der Waals surface area contributed by atoms with E-state index in [2.05, 4.69) is 13.8 Å². The van der Waals surface area contributed by atoms with E-state index in [-0.39, 0.29) is 24.4 Å². The highest BCUT2D eigenvalue weighted by atomic mass is 16.6. The molecule has 1 saturated heterocycles. The summed E-state index contributed by atoms with van der Waals surface area (Å²) in [5.41, 5.74) is 0. The Morgan fingerprint density at radius 2 is 0.786 bits per heavy atom. The van der Waals surface area contributed by atoms with Crippen molar-refractivity contribution in [2.24, 2.45) is 11.8 Å². The van der Waals surface area contributed by atoms with E-state index in [1.165, 1.54) is 12.8 Å². The molecule has 2 saturated carbocycles. The molecule has 0 N–H and O–H groups in total. The lowest BCUT2D eigenvalue weighted by molar-refractivity contribution is -0.135. The molecule has 2 aliphatic carbocycles. The SMILES string of the molecule is CC1CCC2OCCOCCOC3CC(C)CCC3OCCOCCOC2C1. The monoisotopic (exact) mass is 400 g/mol. The fourth-order valence-electron chi connectivity index (χ4n) is 4.57. The maximum absolute atomic E-state index is 6.11. The first kappa shape index (κ1) is 22.4. The standard InChI is InChI=1S/C22H40O6/c1-17-3-5-19-21(15-17)27-13-9-23-8-12-26-20-6-4-18(2)16-22(20)28-14-10-24-7-11-25-19/h17-22H,3-16H2,1-2H3. The summed E-state index contributed by atoms with van der Waals surface area (Å²) in [6, 6.07) is 0. The molecular weight excluding hydrogens is 360 g/mol. The molecule has 0 radical (unpaired) electrons. The van der Waals surface area contributed by atoms with E-state index in [0.29, 0.717) is 64.7 Å². The summed E-state index contributed by atoms with van der Waals surface area (Å²) in [5, 5.41) is 0. The quantitative estimate of drug-likeness (QED) is 0.622. The van der Waals surface area contributed by atoms with Crippen molar-refractivity contribution in [3.63, 3.8) is 0 Å². The average Bonchev–Trinajstić information content (AvgIpc) is 2.68. The maximum Gasteiger partial charge on any atom is 0.0840 e. The molecule has 1 aliphatic heterocycles. The molecule has 6 unspecified atom stereocenters. The minimum absolute atomic E-state index is 0.163. The average molecular weight is 401 g/mol. The lowest BCUT2D eigenvalue weighted by atomic mass is 9.86. The summed E-state index contributed by atoms with van der Waals surface area (Å²) >= 11 is 0. The first-order valence-electron chi connectivity index (χ1n) is 11.3. The van der Waals surface area contributed by atoms with Crippen molar-refractivity contribution in [3.8, 4) is 0 Å². The molecule has 28 heavy (non-hydrogen) atoms. The second kappa shape index (κ2) is 12.5. The topological polar surface area (TPSA) is 55.4 Å². The minimum atomic E-state index is 0.163. The second-order valence-corrected chi connectivity index (χ2v) is 8.70. The lowest BCUT2D eigenvalue weighted by Gasteiger charge is -2.35. The van der Waals surface area contributed by atoms with Crippen molar-refractivity contribution >= 4 is 0 Å². The van der Waals surface area contributed by atoms with Crippen LogP contribution in [0.5, 0.6) is 0 Å². The van der Waals surface area contributed by atoms with Crippen LogP contribution in [0.15, 0.2) is 0 Å². The maximum atomic E-state index is 6.11. The Kier molecular flexibility index (Phi) is 9.98. The lowest BCUT2D eigenvalue weighted by Crippen LogP contribution is -2.39. The Bertz CT molecular complexity index is 382. The van der Waals surface area contributed by atoms with Crippen molar-refractivity contribution in [2.75, 3.05) is 52.9 Å². The van der Waals surface area contributed by atoms with Crippen molar-refractivity contribution in [3.05, 3.63) is 0 Å². The highest BCUT2D eigenvalue weighted by Crippen LogP contribution is 2.29. The van der Waals surface area contributed by atoms with Crippen LogP contribution in [0.25, 0.3) is 0 Å². The molecule has 0 aromatic heterocycles. The van der Waals surface area contributed by atoms with Gasteiger partial charge in [0.05, 0.1) is 77.3 Å². The predicted molar refractivity (Wildman–Crippen MR) is 107 cm³/mol. The Morgan fingerprint density at radius 1 is 0.429 bits per heavy atom. The normalized spacial score (nSPS) is 40.5. The van der Waals surface area contributed by atoms with Gasteiger partial charge < -0.3 is 28.4 Å². The molecule has 6 nitrogen and oxygen atoms in total. The largest absolute Gasteiger partial charge is 0.377 e.